The highest BCUT2D eigenvalue weighted by Crippen LogP contribution is 2.28. The molecule has 108 valence electrons. The lowest BCUT2D eigenvalue weighted by Crippen LogP contribution is -2.18. The number of ether oxygens (including phenoxy) is 1. The highest BCUT2D eigenvalue weighted by Gasteiger charge is 2.14. The van der Waals surface area contributed by atoms with Crippen LogP contribution in [0.25, 0.3) is 17.7 Å². The average Bonchev–Trinajstić information content (AvgIpc) is 3.13. The predicted molar refractivity (Wildman–Crippen MR) is 82.6 cm³/mol. The number of hydrogen-bond donors (Lipinski definition) is 0. The smallest absolute Gasteiger partial charge is 0.339 e. The molecule has 0 N–H and O–H groups in total. The number of carboxylic acids is 1. The van der Waals surface area contributed by atoms with Crippen LogP contribution < -0.4 is 5.11 Å². The number of thiophene rings is 2. The largest absolute Gasteiger partial charge is 0.545 e. The first kappa shape index (κ1) is 15.2. The number of aliphatic carboxylic acids is 1. The van der Waals surface area contributed by atoms with Gasteiger partial charge in [0.15, 0.2) is 0 Å². The molecule has 0 bridgehead atoms. The lowest BCUT2D eigenvalue weighted by atomic mass is 10.2. The van der Waals surface area contributed by atoms with Gasteiger partial charge in [0.25, 0.3) is 0 Å². The van der Waals surface area contributed by atoms with Crippen LogP contribution >= 0.6 is 22.7 Å². The summed E-state index contributed by atoms with van der Waals surface area (Å²) in [5, 5.41) is 12.3. The normalized spacial score (nSPS) is 11.8. The molecule has 0 amide bonds. The molecule has 0 atom stereocenters. The van der Waals surface area contributed by atoms with Gasteiger partial charge in [0.05, 0.1) is 18.7 Å². The molecular formula is C15H11O4S2-. The minimum atomic E-state index is -1.26. The quantitative estimate of drug-likeness (QED) is 0.626. The molecule has 0 fully saturated rings. The summed E-state index contributed by atoms with van der Waals surface area (Å²) in [4.78, 5) is 24.7. The molecule has 2 aromatic heterocycles. The van der Waals surface area contributed by atoms with Gasteiger partial charge in [-0.25, -0.2) is 4.79 Å². The maximum absolute atomic E-state index is 11.9. The topological polar surface area (TPSA) is 66.4 Å². The molecule has 0 aromatic carbocycles. The molecule has 2 heterocycles. The van der Waals surface area contributed by atoms with Gasteiger partial charge in [0, 0.05) is 14.6 Å². The predicted octanol–water partition coefficient (Wildman–Crippen LogP) is 2.29. The van der Waals surface area contributed by atoms with E-state index in [0.29, 0.717) is 10.5 Å². The third kappa shape index (κ3) is 4.14. The van der Waals surface area contributed by atoms with Crippen molar-refractivity contribution in [1.29, 1.82) is 0 Å². The summed E-state index contributed by atoms with van der Waals surface area (Å²) in [6, 6.07) is 7.30. The standard InChI is InChI=1S/C15H12O4S2/c1-19-15(18)12(9-11-3-2-8-20-11)13-6-4-10(21-13)5-7-14(16)17/h2-9H,1H3,(H,16,17)/p-1/b7-5+,12-9+. The first-order valence-corrected chi connectivity index (χ1v) is 7.62. The van der Waals surface area contributed by atoms with Crippen LogP contribution in [0.4, 0.5) is 0 Å². The van der Waals surface area contributed by atoms with Crippen LogP contribution in [0.1, 0.15) is 14.6 Å². The average molecular weight is 319 g/mol. The summed E-state index contributed by atoms with van der Waals surface area (Å²) < 4.78 is 4.80. The summed E-state index contributed by atoms with van der Waals surface area (Å²) in [6.45, 7) is 0. The van der Waals surface area contributed by atoms with Crippen LogP contribution in [0, 0.1) is 0 Å². The molecule has 0 aliphatic rings. The Morgan fingerprint density at radius 3 is 2.67 bits per heavy atom. The molecule has 0 radical (unpaired) electrons. The van der Waals surface area contributed by atoms with Crippen LogP contribution in [-0.4, -0.2) is 19.0 Å². The second-order valence-corrected chi connectivity index (χ2v) is 6.01. The van der Waals surface area contributed by atoms with E-state index in [0.717, 1.165) is 15.8 Å². The van der Waals surface area contributed by atoms with Crippen molar-refractivity contribution in [2.24, 2.45) is 0 Å². The van der Waals surface area contributed by atoms with E-state index in [1.807, 2.05) is 17.5 Å². The van der Waals surface area contributed by atoms with Crippen LogP contribution in [0.15, 0.2) is 35.7 Å². The van der Waals surface area contributed by atoms with E-state index < -0.39 is 11.9 Å². The first-order valence-electron chi connectivity index (χ1n) is 5.93. The Balaban J connectivity index is 2.34. The number of carboxylic acid groups (broad SMARTS) is 1. The van der Waals surface area contributed by atoms with Crippen LogP contribution in [0.5, 0.6) is 0 Å². The molecule has 0 aliphatic carbocycles. The Bertz CT molecular complexity index is 693. The molecule has 21 heavy (non-hydrogen) atoms. The monoisotopic (exact) mass is 319 g/mol. The molecule has 0 spiro atoms. The SMILES string of the molecule is COC(=O)/C(=C/c1cccs1)c1ccc(/C=C/C(=O)[O-])s1. The van der Waals surface area contributed by atoms with Crippen molar-refractivity contribution in [3.63, 3.8) is 0 Å². The zero-order valence-electron chi connectivity index (χ0n) is 11.1. The van der Waals surface area contributed by atoms with Gasteiger partial charge in [-0.05, 0) is 41.8 Å². The lowest BCUT2D eigenvalue weighted by Gasteiger charge is -2.02. The fraction of sp³-hybridized carbons (Fsp3) is 0.0667. The number of carbonyl (C=O) groups excluding carboxylic acids is 2. The highest BCUT2D eigenvalue weighted by molar-refractivity contribution is 7.14. The summed E-state index contributed by atoms with van der Waals surface area (Å²) >= 11 is 2.82. The number of carbonyl (C=O) groups is 2. The van der Waals surface area contributed by atoms with E-state index in [1.165, 1.54) is 35.9 Å². The summed E-state index contributed by atoms with van der Waals surface area (Å²) in [7, 11) is 1.33. The fourth-order valence-electron chi connectivity index (χ4n) is 1.59. The molecule has 4 nitrogen and oxygen atoms in total. The minimum Gasteiger partial charge on any atom is -0.545 e. The van der Waals surface area contributed by atoms with E-state index in [4.69, 9.17) is 4.74 Å². The van der Waals surface area contributed by atoms with Crippen LogP contribution in [-0.2, 0) is 14.3 Å². The van der Waals surface area contributed by atoms with Gasteiger partial charge in [0.1, 0.15) is 0 Å². The van der Waals surface area contributed by atoms with E-state index in [-0.39, 0.29) is 0 Å². The molecule has 0 aliphatic heterocycles. The van der Waals surface area contributed by atoms with E-state index in [9.17, 15) is 14.7 Å². The molecule has 0 saturated heterocycles. The van der Waals surface area contributed by atoms with Gasteiger partial charge in [-0.15, -0.1) is 22.7 Å². The minimum absolute atomic E-state index is 0.430. The Hall–Kier alpha value is -2.18. The third-order valence-electron chi connectivity index (χ3n) is 2.51. The molecule has 6 heteroatoms. The Morgan fingerprint density at radius 1 is 1.24 bits per heavy atom. The summed E-state index contributed by atoms with van der Waals surface area (Å²) in [5.74, 6) is -1.69. The van der Waals surface area contributed by atoms with Gasteiger partial charge in [-0.1, -0.05) is 6.07 Å². The maximum Gasteiger partial charge on any atom is 0.339 e. The van der Waals surface area contributed by atoms with Gasteiger partial charge in [0.2, 0.25) is 0 Å². The van der Waals surface area contributed by atoms with Crippen molar-refractivity contribution in [1.82, 2.24) is 0 Å². The second-order valence-electron chi connectivity index (χ2n) is 3.92. The van der Waals surface area contributed by atoms with Crippen molar-refractivity contribution >= 4 is 52.3 Å². The Labute approximate surface area is 129 Å². The maximum atomic E-state index is 11.9. The third-order valence-corrected chi connectivity index (χ3v) is 4.41. The van der Waals surface area contributed by atoms with E-state index in [2.05, 4.69) is 0 Å². The van der Waals surface area contributed by atoms with Gasteiger partial charge >= 0.3 is 5.97 Å². The van der Waals surface area contributed by atoms with Crippen molar-refractivity contribution in [2.75, 3.05) is 7.11 Å². The van der Waals surface area contributed by atoms with Crippen LogP contribution in [0.3, 0.4) is 0 Å². The summed E-state index contributed by atoms with van der Waals surface area (Å²) in [6.07, 6.45) is 4.15. The Morgan fingerprint density at radius 2 is 2.05 bits per heavy atom. The lowest BCUT2D eigenvalue weighted by molar-refractivity contribution is -0.297. The molecule has 2 rings (SSSR count). The summed E-state index contributed by atoms with van der Waals surface area (Å²) in [5.41, 5.74) is 0.443. The fourth-order valence-corrected chi connectivity index (χ4v) is 3.17. The van der Waals surface area contributed by atoms with E-state index in [1.54, 1.807) is 18.2 Å². The van der Waals surface area contributed by atoms with Crippen molar-refractivity contribution in [3.05, 3.63) is 50.4 Å². The molecule has 0 saturated carbocycles. The highest BCUT2D eigenvalue weighted by atomic mass is 32.1. The van der Waals surface area contributed by atoms with Crippen LogP contribution in [0.2, 0.25) is 0 Å². The Kier molecular flexibility index (Phi) is 5.08. The van der Waals surface area contributed by atoms with Gasteiger partial charge in [-0.2, -0.15) is 0 Å². The molecule has 2 aromatic rings. The second kappa shape index (κ2) is 7.01. The van der Waals surface area contributed by atoms with Crippen molar-refractivity contribution in [2.45, 2.75) is 0 Å². The number of esters is 1. The molecular weight excluding hydrogens is 308 g/mol. The zero-order valence-corrected chi connectivity index (χ0v) is 12.7. The molecule has 0 unspecified atom stereocenters. The number of methoxy groups -OCH3 is 1. The number of hydrogen-bond acceptors (Lipinski definition) is 6. The number of rotatable bonds is 5. The van der Waals surface area contributed by atoms with Gasteiger partial charge < -0.3 is 14.6 Å². The van der Waals surface area contributed by atoms with Crippen molar-refractivity contribution < 1.29 is 19.4 Å². The van der Waals surface area contributed by atoms with E-state index >= 15 is 0 Å². The first-order chi connectivity index (χ1) is 10.1. The van der Waals surface area contributed by atoms with Gasteiger partial charge in [-0.3, -0.25) is 0 Å². The zero-order chi connectivity index (χ0) is 15.2. The van der Waals surface area contributed by atoms with Crippen molar-refractivity contribution in [3.8, 4) is 0 Å².